The van der Waals surface area contributed by atoms with Crippen LogP contribution in [0, 0.1) is 0 Å². The van der Waals surface area contributed by atoms with Crippen molar-refractivity contribution in [1.82, 2.24) is 0 Å². The van der Waals surface area contributed by atoms with Crippen LogP contribution in [0.3, 0.4) is 0 Å². The number of hydrogen-bond donors (Lipinski definition) is 0. The molecule has 2 aromatic carbocycles. The molecule has 1 atom stereocenters. The van der Waals surface area contributed by atoms with Crippen LogP contribution >= 0.6 is 23.4 Å². The number of rotatable bonds is 8. The summed E-state index contributed by atoms with van der Waals surface area (Å²) in [7, 11) is 0. The Kier molecular flexibility index (Phi) is 6.68. The van der Waals surface area contributed by atoms with Gasteiger partial charge in [-0.3, -0.25) is 4.79 Å². The van der Waals surface area contributed by atoms with Gasteiger partial charge in [0.05, 0.1) is 0 Å². The second-order valence-electron chi connectivity index (χ2n) is 5.03. The molecule has 0 saturated carbocycles. The van der Waals surface area contributed by atoms with Gasteiger partial charge in [-0.15, -0.1) is 0 Å². The lowest BCUT2D eigenvalue weighted by Crippen LogP contribution is -2.22. The minimum Gasteiger partial charge on any atom is -0.550 e. The molecule has 0 radical (unpaired) electrons. The lowest BCUT2D eigenvalue weighted by Gasteiger charge is -2.17. The fourth-order valence-corrected chi connectivity index (χ4v) is 3.46. The minimum absolute atomic E-state index is 0.0106. The molecule has 0 amide bonds. The van der Waals surface area contributed by atoms with Gasteiger partial charge >= 0.3 is 0 Å². The molecule has 0 fully saturated rings. The van der Waals surface area contributed by atoms with E-state index in [-0.39, 0.29) is 17.5 Å². The van der Waals surface area contributed by atoms with Crippen molar-refractivity contribution in [3.8, 4) is 0 Å². The van der Waals surface area contributed by atoms with Crippen molar-refractivity contribution in [2.24, 2.45) is 0 Å². The first-order chi connectivity index (χ1) is 11.1. The van der Waals surface area contributed by atoms with E-state index in [1.54, 1.807) is 24.3 Å². The molecule has 0 N–H and O–H groups in total. The second kappa shape index (κ2) is 8.75. The van der Waals surface area contributed by atoms with Crippen molar-refractivity contribution in [2.75, 3.05) is 5.75 Å². The van der Waals surface area contributed by atoms with E-state index in [2.05, 4.69) is 0 Å². The first-order valence-electron chi connectivity index (χ1n) is 7.21. The summed E-state index contributed by atoms with van der Waals surface area (Å²) in [5, 5.41) is 11.1. The Morgan fingerprint density at radius 1 is 1.04 bits per heavy atom. The molecule has 2 rings (SSSR count). The molecule has 0 aromatic heterocycles. The number of Topliss-reactive ketones (excluding diaryl/α,β-unsaturated/α-hetero) is 1. The predicted octanol–water partition coefficient (Wildman–Crippen LogP) is 3.53. The van der Waals surface area contributed by atoms with Crippen LogP contribution in [0.5, 0.6) is 0 Å². The van der Waals surface area contributed by atoms with Crippen LogP contribution in [-0.2, 0) is 4.79 Å². The second-order valence-corrected chi connectivity index (χ2v) is 6.77. The first-order valence-corrected chi connectivity index (χ1v) is 8.64. The Balaban J connectivity index is 2.08. The molecular weight excluding hydrogens is 332 g/mol. The van der Waals surface area contributed by atoms with Crippen LogP contribution in [-0.4, -0.2) is 17.5 Å². The SMILES string of the molecule is O=C([O-])CCS[C@@H](CC(=O)c1ccc(Cl)cc1)c1ccccc1. The highest BCUT2D eigenvalue weighted by molar-refractivity contribution is 7.99. The fourth-order valence-electron chi connectivity index (χ4n) is 2.15. The van der Waals surface area contributed by atoms with Crippen LogP contribution < -0.4 is 5.11 Å². The van der Waals surface area contributed by atoms with Gasteiger partial charge in [0.25, 0.3) is 0 Å². The molecule has 0 saturated heterocycles. The first kappa shape index (κ1) is 17.6. The zero-order valence-electron chi connectivity index (χ0n) is 12.4. The highest BCUT2D eigenvalue weighted by Crippen LogP contribution is 2.33. The largest absolute Gasteiger partial charge is 0.550 e. The maximum absolute atomic E-state index is 12.5. The summed E-state index contributed by atoms with van der Waals surface area (Å²) in [6.07, 6.45) is 0.284. The summed E-state index contributed by atoms with van der Waals surface area (Å²) in [5.74, 6) is -0.652. The third-order valence-corrected chi connectivity index (χ3v) is 4.87. The zero-order chi connectivity index (χ0) is 16.7. The number of benzene rings is 2. The topological polar surface area (TPSA) is 57.2 Å². The number of carbonyl (C=O) groups is 2. The number of halogens is 1. The molecule has 3 nitrogen and oxygen atoms in total. The van der Waals surface area contributed by atoms with Crippen LogP contribution in [0.2, 0.25) is 5.02 Å². The van der Waals surface area contributed by atoms with E-state index in [1.807, 2.05) is 30.3 Å². The Labute approximate surface area is 144 Å². The molecule has 23 heavy (non-hydrogen) atoms. The van der Waals surface area contributed by atoms with Crippen molar-refractivity contribution in [3.63, 3.8) is 0 Å². The molecule has 0 aliphatic rings. The molecule has 0 bridgehead atoms. The molecule has 5 heteroatoms. The van der Waals surface area contributed by atoms with Gasteiger partial charge < -0.3 is 9.90 Å². The van der Waals surface area contributed by atoms with Gasteiger partial charge in [-0.05, 0) is 42.0 Å². The van der Waals surface area contributed by atoms with Crippen molar-refractivity contribution < 1.29 is 14.7 Å². The van der Waals surface area contributed by atoms with Crippen molar-refractivity contribution in [2.45, 2.75) is 18.1 Å². The predicted molar refractivity (Wildman–Crippen MR) is 91.7 cm³/mol. The van der Waals surface area contributed by atoms with E-state index in [0.29, 0.717) is 22.8 Å². The summed E-state index contributed by atoms with van der Waals surface area (Å²) in [6, 6.07) is 16.4. The third-order valence-electron chi connectivity index (χ3n) is 3.33. The molecule has 2 aromatic rings. The van der Waals surface area contributed by atoms with Gasteiger partial charge in [0.2, 0.25) is 0 Å². The number of thioether (sulfide) groups is 1. The van der Waals surface area contributed by atoms with E-state index >= 15 is 0 Å². The summed E-state index contributed by atoms with van der Waals surface area (Å²) in [5.41, 5.74) is 1.62. The number of ketones is 1. The van der Waals surface area contributed by atoms with Gasteiger partial charge in [-0.25, -0.2) is 0 Å². The fraction of sp³-hybridized carbons (Fsp3) is 0.222. The third kappa shape index (κ3) is 5.73. The quantitative estimate of drug-likeness (QED) is 0.685. The van der Waals surface area contributed by atoms with Gasteiger partial charge in [0, 0.05) is 28.2 Å². The number of carbonyl (C=O) groups excluding carboxylic acids is 2. The molecule has 0 spiro atoms. The van der Waals surface area contributed by atoms with Gasteiger partial charge in [0.15, 0.2) is 5.78 Å². The molecule has 120 valence electrons. The van der Waals surface area contributed by atoms with Gasteiger partial charge in [-0.1, -0.05) is 41.9 Å². The van der Waals surface area contributed by atoms with Crippen LogP contribution in [0.15, 0.2) is 54.6 Å². The van der Waals surface area contributed by atoms with Crippen LogP contribution in [0.4, 0.5) is 0 Å². The summed E-state index contributed by atoms with van der Waals surface area (Å²) in [4.78, 5) is 23.0. The highest BCUT2D eigenvalue weighted by atomic mass is 35.5. The standard InChI is InChI=1S/C18H17ClO3S/c19-15-8-6-13(7-9-15)16(20)12-17(23-11-10-18(21)22)14-4-2-1-3-5-14/h1-9,17H,10-12H2,(H,21,22)/p-1/t17-/m0/s1. The molecule has 0 aliphatic carbocycles. The molecular formula is C18H16ClO3S-. The maximum atomic E-state index is 12.5. The monoisotopic (exact) mass is 347 g/mol. The summed E-state index contributed by atoms with van der Waals surface area (Å²) >= 11 is 7.30. The van der Waals surface area contributed by atoms with E-state index in [0.717, 1.165) is 5.56 Å². The Morgan fingerprint density at radius 3 is 2.30 bits per heavy atom. The zero-order valence-corrected chi connectivity index (χ0v) is 14.0. The van der Waals surface area contributed by atoms with E-state index < -0.39 is 5.97 Å². The number of carboxylic acid groups (broad SMARTS) is 1. The van der Waals surface area contributed by atoms with Gasteiger partial charge in [-0.2, -0.15) is 11.8 Å². The lowest BCUT2D eigenvalue weighted by atomic mass is 10.0. The van der Waals surface area contributed by atoms with Gasteiger partial charge in [0.1, 0.15) is 0 Å². The normalized spacial score (nSPS) is 11.9. The van der Waals surface area contributed by atoms with Crippen molar-refractivity contribution in [1.29, 1.82) is 0 Å². The Hall–Kier alpha value is -1.78. The van der Waals surface area contributed by atoms with Crippen LogP contribution in [0.25, 0.3) is 0 Å². The summed E-state index contributed by atoms with van der Waals surface area (Å²) < 4.78 is 0. The van der Waals surface area contributed by atoms with E-state index in [1.165, 1.54) is 11.8 Å². The molecule has 0 aliphatic heterocycles. The minimum atomic E-state index is -1.08. The average molecular weight is 348 g/mol. The molecule has 0 heterocycles. The summed E-state index contributed by atoms with van der Waals surface area (Å²) in [6.45, 7) is 0. The average Bonchev–Trinajstić information content (AvgIpc) is 2.55. The number of hydrogen-bond acceptors (Lipinski definition) is 4. The maximum Gasteiger partial charge on any atom is 0.164 e. The Bertz CT molecular complexity index is 656. The van der Waals surface area contributed by atoms with E-state index in [4.69, 9.17) is 11.6 Å². The van der Waals surface area contributed by atoms with Crippen LogP contribution in [0.1, 0.15) is 34.0 Å². The molecule has 0 unspecified atom stereocenters. The van der Waals surface area contributed by atoms with E-state index in [9.17, 15) is 14.7 Å². The number of carboxylic acids is 1. The van der Waals surface area contributed by atoms with Crippen molar-refractivity contribution in [3.05, 3.63) is 70.7 Å². The highest BCUT2D eigenvalue weighted by Gasteiger charge is 2.17. The smallest absolute Gasteiger partial charge is 0.164 e. The van der Waals surface area contributed by atoms with Crippen molar-refractivity contribution >= 4 is 35.1 Å². The lowest BCUT2D eigenvalue weighted by molar-refractivity contribution is -0.305. The Morgan fingerprint density at radius 2 is 1.70 bits per heavy atom. The number of aliphatic carboxylic acids is 1.